The van der Waals surface area contributed by atoms with Gasteiger partial charge in [0.25, 0.3) is 0 Å². The van der Waals surface area contributed by atoms with Crippen molar-refractivity contribution in [2.45, 2.75) is 33.2 Å². The standard InChI is InChI=1S/C17H22N2/c1-4-17(19-5-2)15-8-6-7-14(11-15)16-12-18-10-9-13(16)3/h6-12,17,19H,4-5H2,1-3H3. The van der Waals surface area contributed by atoms with Crippen molar-refractivity contribution in [1.82, 2.24) is 10.3 Å². The third-order valence-corrected chi connectivity index (χ3v) is 3.50. The lowest BCUT2D eigenvalue weighted by atomic mass is 9.97. The lowest BCUT2D eigenvalue weighted by Gasteiger charge is -2.17. The molecule has 0 bridgehead atoms. The average Bonchev–Trinajstić information content (AvgIpc) is 2.45. The van der Waals surface area contributed by atoms with E-state index in [0.717, 1.165) is 13.0 Å². The Kier molecular flexibility index (Phi) is 4.69. The van der Waals surface area contributed by atoms with Crippen LogP contribution in [0.5, 0.6) is 0 Å². The lowest BCUT2D eigenvalue weighted by Crippen LogP contribution is -2.19. The van der Waals surface area contributed by atoms with Crippen LogP contribution in [-0.2, 0) is 0 Å². The maximum absolute atomic E-state index is 4.24. The quantitative estimate of drug-likeness (QED) is 0.868. The second-order valence-electron chi connectivity index (χ2n) is 4.83. The minimum absolute atomic E-state index is 0.432. The molecule has 0 fully saturated rings. The van der Waals surface area contributed by atoms with Crippen molar-refractivity contribution in [3.05, 3.63) is 53.9 Å². The van der Waals surface area contributed by atoms with Gasteiger partial charge in [0.2, 0.25) is 0 Å². The van der Waals surface area contributed by atoms with Gasteiger partial charge in [0, 0.05) is 24.0 Å². The zero-order valence-electron chi connectivity index (χ0n) is 12.0. The molecule has 1 aromatic heterocycles. The second kappa shape index (κ2) is 6.48. The summed E-state index contributed by atoms with van der Waals surface area (Å²) in [4.78, 5) is 4.24. The minimum atomic E-state index is 0.432. The van der Waals surface area contributed by atoms with Crippen molar-refractivity contribution in [3.8, 4) is 11.1 Å². The fraction of sp³-hybridized carbons (Fsp3) is 0.353. The van der Waals surface area contributed by atoms with Gasteiger partial charge in [-0.05, 0) is 48.7 Å². The van der Waals surface area contributed by atoms with Crippen molar-refractivity contribution in [2.24, 2.45) is 0 Å². The molecule has 0 radical (unpaired) electrons. The van der Waals surface area contributed by atoms with E-state index >= 15 is 0 Å². The van der Waals surface area contributed by atoms with Gasteiger partial charge in [-0.25, -0.2) is 0 Å². The molecule has 2 rings (SSSR count). The Bertz CT molecular complexity index is 534. The summed E-state index contributed by atoms with van der Waals surface area (Å²) < 4.78 is 0. The van der Waals surface area contributed by atoms with E-state index in [0.29, 0.717) is 6.04 Å². The molecule has 1 N–H and O–H groups in total. The summed E-state index contributed by atoms with van der Waals surface area (Å²) in [6.45, 7) is 7.49. The number of aromatic nitrogens is 1. The molecule has 100 valence electrons. The van der Waals surface area contributed by atoms with E-state index < -0.39 is 0 Å². The highest BCUT2D eigenvalue weighted by molar-refractivity contribution is 5.66. The molecule has 0 spiro atoms. The zero-order valence-corrected chi connectivity index (χ0v) is 12.0. The second-order valence-corrected chi connectivity index (χ2v) is 4.83. The number of rotatable bonds is 5. The van der Waals surface area contributed by atoms with E-state index in [4.69, 9.17) is 0 Å². The summed E-state index contributed by atoms with van der Waals surface area (Å²) in [7, 11) is 0. The minimum Gasteiger partial charge on any atom is -0.310 e. The van der Waals surface area contributed by atoms with E-state index in [1.54, 1.807) is 0 Å². The fourth-order valence-corrected chi connectivity index (χ4v) is 2.43. The van der Waals surface area contributed by atoms with Crippen molar-refractivity contribution >= 4 is 0 Å². The van der Waals surface area contributed by atoms with E-state index in [1.807, 2.05) is 12.4 Å². The van der Waals surface area contributed by atoms with Gasteiger partial charge in [0.05, 0.1) is 0 Å². The van der Waals surface area contributed by atoms with E-state index in [-0.39, 0.29) is 0 Å². The number of hydrogen-bond donors (Lipinski definition) is 1. The summed E-state index contributed by atoms with van der Waals surface area (Å²) in [6, 6.07) is 11.3. The molecule has 1 unspecified atom stereocenters. The molecule has 2 heteroatoms. The summed E-state index contributed by atoms with van der Waals surface area (Å²) in [5, 5.41) is 3.53. The monoisotopic (exact) mass is 254 g/mol. The van der Waals surface area contributed by atoms with Gasteiger partial charge in [-0.3, -0.25) is 4.98 Å². The number of pyridine rings is 1. The number of hydrogen-bond acceptors (Lipinski definition) is 2. The van der Waals surface area contributed by atoms with Crippen LogP contribution in [-0.4, -0.2) is 11.5 Å². The summed E-state index contributed by atoms with van der Waals surface area (Å²) >= 11 is 0. The van der Waals surface area contributed by atoms with Crippen LogP contribution in [0.4, 0.5) is 0 Å². The summed E-state index contributed by atoms with van der Waals surface area (Å²) in [5.41, 5.74) is 5.09. The highest BCUT2D eigenvalue weighted by Gasteiger charge is 2.09. The molecule has 0 aliphatic rings. The molecule has 0 amide bonds. The van der Waals surface area contributed by atoms with Gasteiger partial charge in [-0.2, -0.15) is 0 Å². The van der Waals surface area contributed by atoms with Crippen LogP contribution in [0.3, 0.4) is 0 Å². The molecule has 2 aromatic rings. The van der Waals surface area contributed by atoms with Crippen LogP contribution in [0, 0.1) is 6.92 Å². The maximum atomic E-state index is 4.24. The molecule has 1 aromatic carbocycles. The molecule has 0 aliphatic heterocycles. The van der Waals surface area contributed by atoms with Crippen LogP contribution < -0.4 is 5.32 Å². The third kappa shape index (κ3) is 3.21. The van der Waals surface area contributed by atoms with Crippen LogP contribution in [0.25, 0.3) is 11.1 Å². The van der Waals surface area contributed by atoms with Crippen LogP contribution in [0.1, 0.15) is 37.4 Å². The van der Waals surface area contributed by atoms with E-state index in [9.17, 15) is 0 Å². The van der Waals surface area contributed by atoms with Gasteiger partial charge in [0.15, 0.2) is 0 Å². The molecule has 0 saturated heterocycles. The van der Waals surface area contributed by atoms with Crippen LogP contribution in [0.15, 0.2) is 42.7 Å². The average molecular weight is 254 g/mol. The Labute approximate surface area is 115 Å². The van der Waals surface area contributed by atoms with Crippen LogP contribution >= 0.6 is 0 Å². The van der Waals surface area contributed by atoms with Crippen molar-refractivity contribution in [1.29, 1.82) is 0 Å². The zero-order chi connectivity index (χ0) is 13.7. The van der Waals surface area contributed by atoms with Gasteiger partial charge in [0.1, 0.15) is 0 Å². The summed E-state index contributed by atoms with van der Waals surface area (Å²) in [6.07, 6.45) is 4.89. The molecule has 19 heavy (non-hydrogen) atoms. The first-order valence-electron chi connectivity index (χ1n) is 7.00. The number of aryl methyl sites for hydroxylation is 1. The molecule has 2 nitrogen and oxygen atoms in total. The molecular formula is C17H22N2. The van der Waals surface area contributed by atoms with E-state index in [1.165, 1.54) is 22.3 Å². The largest absolute Gasteiger partial charge is 0.310 e. The number of nitrogens with zero attached hydrogens (tertiary/aromatic N) is 1. The van der Waals surface area contributed by atoms with Gasteiger partial charge < -0.3 is 5.32 Å². The topological polar surface area (TPSA) is 24.9 Å². The highest BCUT2D eigenvalue weighted by Crippen LogP contribution is 2.26. The molecule has 1 heterocycles. The van der Waals surface area contributed by atoms with Crippen LogP contribution in [0.2, 0.25) is 0 Å². The Hall–Kier alpha value is -1.67. The maximum Gasteiger partial charge on any atom is 0.0349 e. The molecule has 0 aliphatic carbocycles. The van der Waals surface area contributed by atoms with Gasteiger partial charge >= 0.3 is 0 Å². The SMILES string of the molecule is CCNC(CC)c1cccc(-c2cnccc2C)c1. The van der Waals surface area contributed by atoms with Crippen molar-refractivity contribution < 1.29 is 0 Å². The smallest absolute Gasteiger partial charge is 0.0349 e. The number of benzene rings is 1. The van der Waals surface area contributed by atoms with E-state index in [2.05, 4.69) is 61.4 Å². The third-order valence-electron chi connectivity index (χ3n) is 3.50. The predicted octanol–water partition coefficient (Wildman–Crippen LogP) is 4.12. The number of nitrogens with one attached hydrogen (secondary N) is 1. The van der Waals surface area contributed by atoms with Gasteiger partial charge in [-0.1, -0.05) is 32.0 Å². The Morgan fingerprint density at radius 1 is 1.21 bits per heavy atom. The van der Waals surface area contributed by atoms with Crippen molar-refractivity contribution in [3.63, 3.8) is 0 Å². The van der Waals surface area contributed by atoms with Crippen molar-refractivity contribution in [2.75, 3.05) is 6.54 Å². The molecular weight excluding hydrogens is 232 g/mol. The van der Waals surface area contributed by atoms with Gasteiger partial charge in [-0.15, -0.1) is 0 Å². The normalized spacial score (nSPS) is 12.4. The highest BCUT2D eigenvalue weighted by atomic mass is 14.9. The fourth-order valence-electron chi connectivity index (χ4n) is 2.43. The Morgan fingerprint density at radius 2 is 2.05 bits per heavy atom. The first-order valence-corrected chi connectivity index (χ1v) is 7.00. The molecule has 0 saturated carbocycles. The first kappa shape index (κ1) is 13.8. The predicted molar refractivity (Wildman–Crippen MR) is 81.1 cm³/mol. The summed E-state index contributed by atoms with van der Waals surface area (Å²) in [5.74, 6) is 0. The Balaban J connectivity index is 2.36. The molecule has 1 atom stereocenters. The Morgan fingerprint density at radius 3 is 2.74 bits per heavy atom. The first-order chi connectivity index (χ1) is 9.26. The lowest BCUT2D eigenvalue weighted by molar-refractivity contribution is 0.537.